The molecule has 0 spiro atoms. The predicted molar refractivity (Wildman–Crippen MR) is 36.3 cm³/mol. The quantitative estimate of drug-likeness (QED) is 0.493. The van der Waals surface area contributed by atoms with Crippen LogP contribution in [0.3, 0.4) is 0 Å². The van der Waals surface area contributed by atoms with Gasteiger partial charge in [-0.3, -0.25) is 4.79 Å². The zero-order chi connectivity index (χ0) is 7.56. The molecular formula is C6H4ClNO2. The van der Waals surface area contributed by atoms with Gasteiger partial charge in [-0.25, -0.2) is 4.98 Å². The molecule has 0 aromatic carbocycles. The second-order valence-electron chi connectivity index (χ2n) is 1.70. The minimum Gasteiger partial charge on any atom is -0.493 e. The number of hydrogen-bond acceptors (Lipinski definition) is 3. The van der Waals surface area contributed by atoms with Gasteiger partial charge in [0.2, 0.25) is 5.88 Å². The van der Waals surface area contributed by atoms with E-state index in [1.807, 2.05) is 0 Å². The second kappa shape index (κ2) is 2.66. The van der Waals surface area contributed by atoms with Crippen LogP contribution in [0.2, 0.25) is 5.15 Å². The number of halogens is 1. The third kappa shape index (κ3) is 1.45. The fourth-order valence-electron chi connectivity index (χ4n) is 0.570. The van der Waals surface area contributed by atoms with Crippen molar-refractivity contribution in [3.63, 3.8) is 0 Å². The Morgan fingerprint density at radius 3 is 2.80 bits per heavy atom. The Morgan fingerprint density at radius 2 is 2.30 bits per heavy atom. The number of pyridine rings is 1. The van der Waals surface area contributed by atoms with Gasteiger partial charge in [0.25, 0.3) is 0 Å². The van der Waals surface area contributed by atoms with Gasteiger partial charge in [-0.05, 0) is 6.07 Å². The van der Waals surface area contributed by atoms with Crippen LogP contribution in [0.1, 0.15) is 10.4 Å². The first-order valence-corrected chi connectivity index (χ1v) is 2.92. The zero-order valence-electron chi connectivity index (χ0n) is 4.91. The van der Waals surface area contributed by atoms with Gasteiger partial charge in [0.15, 0.2) is 0 Å². The summed E-state index contributed by atoms with van der Waals surface area (Å²) in [6.07, 6.45) is 0.591. The second-order valence-corrected chi connectivity index (χ2v) is 2.09. The van der Waals surface area contributed by atoms with Crippen molar-refractivity contribution in [3.8, 4) is 5.88 Å². The van der Waals surface area contributed by atoms with E-state index in [-0.39, 0.29) is 11.0 Å². The lowest BCUT2D eigenvalue weighted by atomic mass is 10.3. The first-order valence-electron chi connectivity index (χ1n) is 2.54. The van der Waals surface area contributed by atoms with E-state index in [1.54, 1.807) is 0 Å². The lowest BCUT2D eigenvalue weighted by molar-refractivity contribution is 0.112. The van der Waals surface area contributed by atoms with Gasteiger partial charge in [0, 0.05) is 11.6 Å². The van der Waals surface area contributed by atoms with E-state index >= 15 is 0 Å². The first-order chi connectivity index (χ1) is 4.72. The molecule has 3 nitrogen and oxygen atoms in total. The van der Waals surface area contributed by atoms with Crippen molar-refractivity contribution in [2.24, 2.45) is 0 Å². The molecule has 52 valence electrons. The molecule has 1 N–H and O–H groups in total. The van der Waals surface area contributed by atoms with Crippen molar-refractivity contribution in [3.05, 3.63) is 22.8 Å². The Kier molecular flexibility index (Phi) is 1.87. The monoisotopic (exact) mass is 157 g/mol. The predicted octanol–water partition coefficient (Wildman–Crippen LogP) is 1.25. The van der Waals surface area contributed by atoms with Crippen LogP contribution in [0.15, 0.2) is 12.1 Å². The third-order valence-electron chi connectivity index (χ3n) is 0.939. The number of hydrogen-bond donors (Lipinski definition) is 1. The number of aromatic hydroxyl groups is 1. The van der Waals surface area contributed by atoms with Crippen LogP contribution < -0.4 is 0 Å². The maximum Gasteiger partial charge on any atom is 0.212 e. The lowest BCUT2D eigenvalue weighted by Crippen LogP contribution is -1.82. The molecule has 0 aliphatic rings. The summed E-state index contributed by atoms with van der Waals surface area (Å²) in [7, 11) is 0. The normalized spacial score (nSPS) is 9.30. The van der Waals surface area contributed by atoms with Gasteiger partial charge in [-0.15, -0.1) is 0 Å². The van der Waals surface area contributed by atoms with E-state index in [2.05, 4.69) is 4.98 Å². The van der Waals surface area contributed by atoms with E-state index in [4.69, 9.17) is 16.7 Å². The van der Waals surface area contributed by atoms with Gasteiger partial charge in [0.05, 0.1) is 0 Å². The highest BCUT2D eigenvalue weighted by molar-refractivity contribution is 6.29. The molecule has 0 amide bonds. The van der Waals surface area contributed by atoms with Crippen LogP contribution in [-0.4, -0.2) is 16.4 Å². The smallest absolute Gasteiger partial charge is 0.212 e. The number of aromatic nitrogens is 1. The summed E-state index contributed by atoms with van der Waals surface area (Å²) in [5, 5.41) is 8.88. The lowest BCUT2D eigenvalue weighted by Gasteiger charge is -1.92. The maximum atomic E-state index is 10.1. The van der Waals surface area contributed by atoms with Gasteiger partial charge in [0.1, 0.15) is 11.4 Å². The first kappa shape index (κ1) is 7.02. The van der Waals surface area contributed by atoms with E-state index in [1.165, 1.54) is 12.1 Å². The van der Waals surface area contributed by atoms with Crippen molar-refractivity contribution in [2.75, 3.05) is 0 Å². The van der Waals surface area contributed by atoms with Crippen LogP contribution in [-0.2, 0) is 0 Å². The molecule has 10 heavy (non-hydrogen) atoms. The van der Waals surface area contributed by atoms with E-state index in [0.29, 0.717) is 11.8 Å². The highest BCUT2D eigenvalue weighted by Gasteiger charge is 1.96. The molecule has 0 bridgehead atoms. The molecule has 1 aromatic heterocycles. The minimum atomic E-state index is -0.241. The standard InChI is InChI=1S/C6H4ClNO2/c7-5-1-4(3-9)2-6(10)8-5/h1-3H,(H,8,10). The van der Waals surface area contributed by atoms with E-state index in [9.17, 15) is 4.79 Å². The molecule has 0 unspecified atom stereocenters. The zero-order valence-corrected chi connectivity index (χ0v) is 5.67. The molecule has 4 heteroatoms. The van der Waals surface area contributed by atoms with Crippen molar-refractivity contribution in [1.29, 1.82) is 0 Å². The van der Waals surface area contributed by atoms with Gasteiger partial charge in [-0.1, -0.05) is 11.6 Å². The number of nitrogens with zero attached hydrogens (tertiary/aromatic N) is 1. The number of carbonyl (C=O) groups excluding carboxylic acids is 1. The fraction of sp³-hybridized carbons (Fsp3) is 0. The van der Waals surface area contributed by atoms with Gasteiger partial charge in [-0.2, -0.15) is 0 Å². The number of carbonyl (C=O) groups is 1. The average molecular weight is 158 g/mol. The topological polar surface area (TPSA) is 50.2 Å². The fourth-order valence-corrected chi connectivity index (χ4v) is 0.783. The van der Waals surface area contributed by atoms with Crippen molar-refractivity contribution in [1.82, 2.24) is 4.98 Å². The summed E-state index contributed by atoms with van der Waals surface area (Å²) >= 11 is 5.40. The highest BCUT2D eigenvalue weighted by Crippen LogP contribution is 2.12. The molecule has 0 fully saturated rings. The molecule has 0 aliphatic heterocycles. The number of rotatable bonds is 1. The molecule has 0 saturated carbocycles. The Morgan fingerprint density at radius 1 is 1.60 bits per heavy atom. The Labute approximate surface area is 62.3 Å². The largest absolute Gasteiger partial charge is 0.493 e. The van der Waals surface area contributed by atoms with Crippen LogP contribution in [0.5, 0.6) is 5.88 Å². The van der Waals surface area contributed by atoms with Crippen molar-refractivity contribution >= 4 is 17.9 Å². The van der Waals surface area contributed by atoms with Crippen LogP contribution in [0.4, 0.5) is 0 Å². The summed E-state index contributed by atoms with van der Waals surface area (Å²) in [6, 6.07) is 2.60. The molecular weight excluding hydrogens is 154 g/mol. The van der Waals surface area contributed by atoms with E-state index < -0.39 is 0 Å². The molecule has 1 heterocycles. The molecule has 0 aliphatic carbocycles. The SMILES string of the molecule is O=Cc1cc(O)nc(Cl)c1. The highest BCUT2D eigenvalue weighted by atomic mass is 35.5. The molecule has 0 atom stereocenters. The van der Waals surface area contributed by atoms with Crippen LogP contribution >= 0.6 is 11.6 Å². The van der Waals surface area contributed by atoms with Crippen molar-refractivity contribution in [2.45, 2.75) is 0 Å². The van der Waals surface area contributed by atoms with Crippen molar-refractivity contribution < 1.29 is 9.90 Å². The van der Waals surface area contributed by atoms with Gasteiger partial charge >= 0.3 is 0 Å². The van der Waals surface area contributed by atoms with Crippen LogP contribution in [0.25, 0.3) is 0 Å². The Balaban J connectivity index is 3.18. The summed E-state index contributed by atoms with van der Waals surface area (Å²) in [6.45, 7) is 0. The van der Waals surface area contributed by atoms with Crippen LogP contribution in [0, 0.1) is 0 Å². The molecule has 1 aromatic rings. The Hall–Kier alpha value is -1.09. The maximum absolute atomic E-state index is 10.1. The summed E-state index contributed by atoms with van der Waals surface area (Å²) in [5.41, 5.74) is 0.317. The summed E-state index contributed by atoms with van der Waals surface area (Å²) in [5.74, 6) is -0.241. The third-order valence-corrected chi connectivity index (χ3v) is 1.13. The minimum absolute atomic E-state index is 0.113. The number of aldehydes is 1. The Bertz CT molecular complexity index is 242. The molecule has 0 radical (unpaired) electrons. The summed E-state index contributed by atoms with van der Waals surface area (Å²) < 4.78 is 0. The van der Waals surface area contributed by atoms with E-state index in [0.717, 1.165) is 0 Å². The summed E-state index contributed by atoms with van der Waals surface area (Å²) in [4.78, 5) is 13.6. The molecule has 1 rings (SSSR count). The molecule has 0 saturated heterocycles. The van der Waals surface area contributed by atoms with Gasteiger partial charge < -0.3 is 5.11 Å². The average Bonchev–Trinajstić information content (AvgIpc) is 1.85.